The van der Waals surface area contributed by atoms with Gasteiger partial charge in [-0.3, -0.25) is 14.7 Å². The normalized spacial score (nSPS) is 18.6. The molecule has 134 valence electrons. The van der Waals surface area contributed by atoms with E-state index in [4.69, 9.17) is 4.74 Å². The fraction of sp³-hybridized carbons (Fsp3) is 0.714. The van der Waals surface area contributed by atoms with Crippen LogP contribution in [0.15, 0.2) is 9.95 Å². The van der Waals surface area contributed by atoms with E-state index in [1.807, 2.05) is 0 Å². The molecule has 1 saturated heterocycles. The van der Waals surface area contributed by atoms with Crippen LogP contribution in [0.5, 0.6) is 0 Å². The summed E-state index contributed by atoms with van der Waals surface area (Å²) in [6, 6.07) is -0.607. The van der Waals surface area contributed by atoms with Gasteiger partial charge < -0.3 is 10.1 Å². The number of aromatic amines is 1. The summed E-state index contributed by atoms with van der Waals surface area (Å²) >= 11 is 1.12. The van der Waals surface area contributed by atoms with Crippen LogP contribution in [0.25, 0.3) is 0 Å². The maximum atomic E-state index is 12.1. The van der Waals surface area contributed by atoms with Gasteiger partial charge >= 0.3 is 11.7 Å². The first-order chi connectivity index (χ1) is 11.4. The van der Waals surface area contributed by atoms with Crippen molar-refractivity contribution >= 4 is 23.7 Å². The minimum Gasteiger partial charge on any atom is -0.376 e. The predicted octanol–water partition coefficient (Wildman–Crippen LogP) is 0.465. The van der Waals surface area contributed by atoms with Gasteiger partial charge in [0.25, 0.3) is 0 Å². The Morgan fingerprint density at radius 3 is 2.83 bits per heavy atom. The summed E-state index contributed by atoms with van der Waals surface area (Å²) in [7, 11) is 0. The Labute approximate surface area is 143 Å². The lowest BCUT2D eigenvalue weighted by atomic mass is 10.2. The van der Waals surface area contributed by atoms with Gasteiger partial charge in [-0.25, -0.2) is 14.7 Å². The lowest BCUT2D eigenvalue weighted by Gasteiger charge is -2.14. The van der Waals surface area contributed by atoms with Crippen molar-refractivity contribution in [1.82, 2.24) is 25.4 Å². The maximum Gasteiger partial charge on any atom is 0.344 e. The van der Waals surface area contributed by atoms with Gasteiger partial charge in [0.15, 0.2) is 5.16 Å². The summed E-state index contributed by atoms with van der Waals surface area (Å²) in [5.41, 5.74) is -0.335. The van der Waals surface area contributed by atoms with Crippen molar-refractivity contribution in [3.05, 3.63) is 10.5 Å². The molecule has 0 spiro atoms. The van der Waals surface area contributed by atoms with Crippen LogP contribution < -0.4 is 16.3 Å². The van der Waals surface area contributed by atoms with Crippen LogP contribution in [-0.4, -0.2) is 50.7 Å². The second-order valence-electron chi connectivity index (χ2n) is 5.93. The summed E-state index contributed by atoms with van der Waals surface area (Å²) in [4.78, 5) is 35.5. The van der Waals surface area contributed by atoms with E-state index >= 15 is 0 Å². The molecule has 1 aliphatic heterocycles. The average Bonchev–Trinajstić information content (AvgIpc) is 3.11. The molecule has 0 saturated carbocycles. The van der Waals surface area contributed by atoms with Crippen molar-refractivity contribution in [3.8, 4) is 0 Å². The summed E-state index contributed by atoms with van der Waals surface area (Å²) in [6.07, 6.45) is 1.86. The van der Waals surface area contributed by atoms with Crippen molar-refractivity contribution in [2.75, 3.05) is 6.61 Å². The van der Waals surface area contributed by atoms with E-state index in [1.165, 1.54) is 4.57 Å². The number of carbonyl (C=O) groups excluding carboxylic acids is 2. The number of imide groups is 1. The van der Waals surface area contributed by atoms with E-state index in [2.05, 4.69) is 20.8 Å². The minimum absolute atomic E-state index is 0.0133. The van der Waals surface area contributed by atoms with Gasteiger partial charge in [0, 0.05) is 12.6 Å². The first-order valence-corrected chi connectivity index (χ1v) is 8.79. The second kappa shape index (κ2) is 8.34. The zero-order valence-corrected chi connectivity index (χ0v) is 14.8. The van der Waals surface area contributed by atoms with Crippen LogP contribution >= 0.6 is 11.8 Å². The number of H-pyrrole nitrogens is 1. The monoisotopic (exact) mass is 357 g/mol. The molecule has 0 radical (unpaired) electrons. The predicted molar refractivity (Wildman–Crippen MR) is 89.0 cm³/mol. The molecule has 10 heteroatoms. The van der Waals surface area contributed by atoms with Crippen LogP contribution in [0.1, 0.15) is 33.6 Å². The van der Waals surface area contributed by atoms with E-state index in [0.717, 1.165) is 24.6 Å². The summed E-state index contributed by atoms with van der Waals surface area (Å²) < 4.78 is 7.01. The zero-order valence-electron chi connectivity index (χ0n) is 14.0. The molecule has 1 aromatic heterocycles. The summed E-state index contributed by atoms with van der Waals surface area (Å²) in [6.45, 7) is 6.35. The number of ether oxygens (including phenoxy) is 1. The Balaban J connectivity index is 1.95. The van der Waals surface area contributed by atoms with Crippen molar-refractivity contribution < 1.29 is 14.3 Å². The van der Waals surface area contributed by atoms with Gasteiger partial charge in [-0.15, -0.1) is 5.10 Å². The molecule has 2 atom stereocenters. The molecule has 1 aliphatic rings. The molecule has 2 rings (SSSR count). The Morgan fingerprint density at radius 2 is 2.21 bits per heavy atom. The van der Waals surface area contributed by atoms with E-state index in [0.29, 0.717) is 18.3 Å². The number of hydrogen-bond acceptors (Lipinski definition) is 6. The molecular weight excluding hydrogens is 334 g/mol. The first kappa shape index (κ1) is 18.5. The number of carbonyl (C=O) groups is 2. The number of amides is 3. The molecule has 0 unspecified atom stereocenters. The summed E-state index contributed by atoms with van der Waals surface area (Å²) in [5, 5.41) is 11.0. The van der Waals surface area contributed by atoms with Crippen molar-refractivity contribution in [2.24, 2.45) is 0 Å². The molecule has 1 fully saturated rings. The van der Waals surface area contributed by atoms with Crippen molar-refractivity contribution in [2.45, 2.75) is 62.7 Å². The Bertz CT molecular complexity index is 635. The molecule has 1 aromatic rings. The minimum atomic E-state index is -0.582. The highest BCUT2D eigenvalue weighted by Gasteiger charge is 2.23. The van der Waals surface area contributed by atoms with Gasteiger partial charge in [0.1, 0.15) is 0 Å². The number of aromatic nitrogens is 3. The zero-order chi connectivity index (χ0) is 17.7. The lowest BCUT2D eigenvalue weighted by molar-refractivity contribution is -0.119. The molecule has 3 amide bonds. The SMILES string of the molecule is CC(C)NC(=O)NC(=O)[C@H](C)Sc1n[nH]c(=O)n1C[C@@H]1CCCO1. The molecule has 3 N–H and O–H groups in total. The number of nitrogens with zero attached hydrogens (tertiary/aromatic N) is 2. The van der Waals surface area contributed by atoms with Crippen molar-refractivity contribution in [3.63, 3.8) is 0 Å². The summed E-state index contributed by atoms with van der Waals surface area (Å²) in [5.74, 6) is -0.447. The van der Waals surface area contributed by atoms with Gasteiger partial charge in [0.2, 0.25) is 5.91 Å². The Morgan fingerprint density at radius 1 is 1.46 bits per heavy atom. The molecule has 2 heterocycles. The Kier molecular flexibility index (Phi) is 6.44. The average molecular weight is 357 g/mol. The van der Waals surface area contributed by atoms with E-state index < -0.39 is 17.2 Å². The highest BCUT2D eigenvalue weighted by molar-refractivity contribution is 8.00. The van der Waals surface area contributed by atoms with Crippen LogP contribution in [0.2, 0.25) is 0 Å². The van der Waals surface area contributed by atoms with Gasteiger partial charge in [-0.1, -0.05) is 11.8 Å². The van der Waals surface area contributed by atoms with Gasteiger partial charge in [-0.05, 0) is 33.6 Å². The standard InChI is InChI=1S/C14H23N5O4S/c1-8(2)15-12(21)16-11(20)9(3)24-14-18-17-13(22)19(14)7-10-5-4-6-23-10/h8-10H,4-7H2,1-3H3,(H,17,22)(H2,15,16,20,21)/t9-,10-/m0/s1. The third-order valence-corrected chi connectivity index (χ3v) is 4.53. The molecule has 0 aliphatic carbocycles. The molecule has 24 heavy (non-hydrogen) atoms. The highest BCUT2D eigenvalue weighted by atomic mass is 32.2. The van der Waals surface area contributed by atoms with Crippen molar-refractivity contribution in [1.29, 1.82) is 0 Å². The maximum absolute atomic E-state index is 12.1. The quantitative estimate of drug-likeness (QED) is 0.637. The van der Waals surface area contributed by atoms with E-state index in [-0.39, 0.29) is 17.8 Å². The van der Waals surface area contributed by atoms with Crippen LogP contribution in [-0.2, 0) is 16.1 Å². The number of nitrogens with one attached hydrogen (secondary N) is 3. The topological polar surface area (TPSA) is 118 Å². The fourth-order valence-corrected chi connectivity index (χ4v) is 3.13. The molecule has 0 aromatic carbocycles. The number of rotatable bonds is 6. The second-order valence-corrected chi connectivity index (χ2v) is 7.24. The van der Waals surface area contributed by atoms with Crippen LogP contribution in [0, 0.1) is 0 Å². The van der Waals surface area contributed by atoms with E-state index in [9.17, 15) is 14.4 Å². The molecular formula is C14H23N5O4S. The number of hydrogen-bond donors (Lipinski definition) is 3. The van der Waals surface area contributed by atoms with E-state index in [1.54, 1.807) is 20.8 Å². The third kappa shape index (κ3) is 5.10. The van der Waals surface area contributed by atoms with Gasteiger partial charge in [-0.2, -0.15) is 0 Å². The first-order valence-electron chi connectivity index (χ1n) is 7.91. The Hall–Kier alpha value is -1.81. The fourth-order valence-electron chi connectivity index (χ4n) is 2.27. The van der Waals surface area contributed by atoms with Crippen LogP contribution in [0.4, 0.5) is 4.79 Å². The van der Waals surface area contributed by atoms with Gasteiger partial charge in [0.05, 0.1) is 17.9 Å². The third-order valence-electron chi connectivity index (χ3n) is 3.44. The van der Waals surface area contributed by atoms with Crippen LogP contribution in [0.3, 0.4) is 0 Å². The highest BCUT2D eigenvalue weighted by Crippen LogP contribution is 2.21. The number of urea groups is 1. The molecule has 0 bridgehead atoms. The largest absolute Gasteiger partial charge is 0.376 e. The number of thioether (sulfide) groups is 1. The lowest BCUT2D eigenvalue weighted by Crippen LogP contribution is -2.45. The smallest absolute Gasteiger partial charge is 0.344 e. The molecule has 9 nitrogen and oxygen atoms in total.